The van der Waals surface area contributed by atoms with Crippen molar-refractivity contribution < 1.29 is 23.9 Å². The van der Waals surface area contributed by atoms with Gasteiger partial charge in [-0.25, -0.2) is 0 Å². The molecule has 0 aliphatic carbocycles. The van der Waals surface area contributed by atoms with Crippen molar-refractivity contribution in [2.24, 2.45) is 0 Å². The number of hydrogen-bond acceptors (Lipinski definition) is 6. The lowest BCUT2D eigenvalue weighted by atomic mass is 10.1. The molecular formula is C28H20N2O5S. The minimum Gasteiger partial charge on any atom is -0.484 e. The largest absolute Gasteiger partial charge is 0.484 e. The van der Waals surface area contributed by atoms with Gasteiger partial charge in [-0.3, -0.25) is 19.7 Å². The van der Waals surface area contributed by atoms with Crippen LogP contribution in [-0.2, 0) is 9.59 Å². The number of imide groups is 1. The zero-order valence-corrected chi connectivity index (χ0v) is 19.7. The quantitative estimate of drug-likeness (QED) is 0.306. The van der Waals surface area contributed by atoms with Crippen molar-refractivity contribution in [3.8, 4) is 17.2 Å². The van der Waals surface area contributed by atoms with Crippen molar-refractivity contribution in [3.05, 3.63) is 101 Å². The molecule has 0 aromatic heterocycles. The molecule has 3 amide bonds. The molecule has 0 bridgehead atoms. The third-order valence-electron chi connectivity index (χ3n) is 5.28. The first-order chi connectivity index (χ1) is 17.5. The number of amides is 3. The lowest BCUT2D eigenvalue weighted by Crippen LogP contribution is -2.20. The molecule has 4 aromatic rings. The summed E-state index contributed by atoms with van der Waals surface area (Å²) in [6.45, 7) is -0.171. The lowest BCUT2D eigenvalue weighted by Gasteiger charge is -2.13. The van der Waals surface area contributed by atoms with Crippen LogP contribution in [0.15, 0.2) is 95.9 Å². The fourth-order valence-corrected chi connectivity index (χ4v) is 4.29. The second-order valence-corrected chi connectivity index (χ2v) is 8.88. The molecule has 1 fully saturated rings. The van der Waals surface area contributed by atoms with E-state index in [-0.39, 0.29) is 23.7 Å². The maximum Gasteiger partial charge on any atom is 0.290 e. The number of nitrogens with one attached hydrogen (secondary N) is 2. The number of anilines is 1. The van der Waals surface area contributed by atoms with E-state index < -0.39 is 0 Å². The Labute approximate surface area is 211 Å². The summed E-state index contributed by atoms with van der Waals surface area (Å²) in [5, 5.41) is 6.55. The second-order valence-electron chi connectivity index (χ2n) is 7.87. The zero-order valence-electron chi connectivity index (χ0n) is 18.9. The fourth-order valence-electron chi connectivity index (χ4n) is 3.60. The maximum atomic E-state index is 12.6. The van der Waals surface area contributed by atoms with Crippen LogP contribution in [-0.4, -0.2) is 23.7 Å². The summed E-state index contributed by atoms with van der Waals surface area (Å²) in [6, 6.07) is 27.7. The number of ether oxygens (including phenoxy) is 2. The van der Waals surface area contributed by atoms with E-state index in [4.69, 9.17) is 9.47 Å². The molecule has 2 N–H and O–H groups in total. The Hall–Kier alpha value is -4.56. The lowest BCUT2D eigenvalue weighted by molar-refractivity contribution is -0.118. The highest BCUT2D eigenvalue weighted by Gasteiger charge is 2.24. The molecule has 0 spiro atoms. The predicted octanol–water partition coefficient (Wildman–Crippen LogP) is 5.97. The molecule has 0 atom stereocenters. The summed E-state index contributed by atoms with van der Waals surface area (Å²) in [5.41, 5.74) is 1.35. The molecule has 0 unspecified atom stereocenters. The zero-order chi connectivity index (χ0) is 24.9. The molecule has 4 aromatic carbocycles. The summed E-state index contributed by atoms with van der Waals surface area (Å²) < 4.78 is 11.6. The van der Waals surface area contributed by atoms with Crippen LogP contribution in [0.1, 0.15) is 5.56 Å². The monoisotopic (exact) mass is 496 g/mol. The van der Waals surface area contributed by atoms with Gasteiger partial charge in [-0.2, -0.15) is 0 Å². The Morgan fingerprint density at radius 1 is 0.861 bits per heavy atom. The highest BCUT2D eigenvalue weighted by atomic mass is 32.2. The van der Waals surface area contributed by atoms with Gasteiger partial charge in [0.15, 0.2) is 12.4 Å². The van der Waals surface area contributed by atoms with Crippen LogP contribution in [0.5, 0.6) is 17.2 Å². The van der Waals surface area contributed by atoms with E-state index in [0.29, 0.717) is 27.8 Å². The average molecular weight is 497 g/mol. The Kier molecular flexibility index (Phi) is 6.68. The Morgan fingerprint density at radius 3 is 2.42 bits per heavy atom. The average Bonchev–Trinajstić information content (AvgIpc) is 3.20. The topological polar surface area (TPSA) is 93.7 Å². The normalized spacial score (nSPS) is 14.1. The first kappa shape index (κ1) is 23.2. The maximum absolute atomic E-state index is 12.6. The van der Waals surface area contributed by atoms with Crippen LogP contribution in [0.25, 0.3) is 16.8 Å². The summed E-state index contributed by atoms with van der Waals surface area (Å²) in [4.78, 5) is 36.0. The number of benzene rings is 4. The summed E-state index contributed by atoms with van der Waals surface area (Å²) in [5.74, 6) is 1.05. The Bertz CT molecular complexity index is 1500. The Balaban J connectivity index is 1.22. The molecule has 0 saturated carbocycles. The van der Waals surface area contributed by atoms with E-state index in [1.807, 2.05) is 72.8 Å². The number of carbonyl (C=O) groups is 3. The number of rotatable bonds is 7. The third kappa shape index (κ3) is 5.56. The summed E-state index contributed by atoms with van der Waals surface area (Å²) in [6.07, 6.45) is 1.68. The van der Waals surface area contributed by atoms with Crippen LogP contribution in [0.2, 0.25) is 0 Å². The van der Waals surface area contributed by atoms with E-state index >= 15 is 0 Å². The molecule has 5 rings (SSSR count). The van der Waals surface area contributed by atoms with Crippen molar-refractivity contribution in [2.45, 2.75) is 0 Å². The highest BCUT2D eigenvalue weighted by Crippen LogP contribution is 2.30. The van der Waals surface area contributed by atoms with Gasteiger partial charge in [-0.05, 0) is 76.6 Å². The van der Waals surface area contributed by atoms with Gasteiger partial charge in [-0.15, -0.1) is 0 Å². The van der Waals surface area contributed by atoms with E-state index in [2.05, 4.69) is 10.6 Å². The van der Waals surface area contributed by atoms with Gasteiger partial charge in [-0.1, -0.05) is 48.5 Å². The van der Waals surface area contributed by atoms with Crippen molar-refractivity contribution in [1.29, 1.82) is 0 Å². The van der Waals surface area contributed by atoms with Crippen LogP contribution < -0.4 is 20.1 Å². The van der Waals surface area contributed by atoms with Gasteiger partial charge in [0.1, 0.15) is 11.5 Å². The molecule has 1 aliphatic heterocycles. The first-order valence-corrected chi connectivity index (χ1v) is 11.9. The smallest absolute Gasteiger partial charge is 0.290 e. The molecule has 7 nitrogen and oxygen atoms in total. The van der Waals surface area contributed by atoms with E-state index in [9.17, 15) is 14.4 Å². The molecule has 1 heterocycles. The molecule has 0 radical (unpaired) electrons. The molecule has 36 heavy (non-hydrogen) atoms. The van der Waals surface area contributed by atoms with Crippen molar-refractivity contribution in [2.75, 3.05) is 11.9 Å². The van der Waals surface area contributed by atoms with Gasteiger partial charge in [0.2, 0.25) is 0 Å². The fraction of sp³-hybridized carbons (Fsp3) is 0.0357. The third-order valence-corrected chi connectivity index (χ3v) is 6.09. The predicted molar refractivity (Wildman–Crippen MR) is 140 cm³/mol. The van der Waals surface area contributed by atoms with Crippen molar-refractivity contribution in [1.82, 2.24) is 5.32 Å². The minimum atomic E-state index is -0.388. The molecule has 8 heteroatoms. The molecular weight excluding hydrogens is 476 g/mol. The summed E-state index contributed by atoms with van der Waals surface area (Å²) >= 11 is 0.883. The molecule has 1 saturated heterocycles. The van der Waals surface area contributed by atoms with Gasteiger partial charge < -0.3 is 14.8 Å². The van der Waals surface area contributed by atoms with Crippen LogP contribution in [0.3, 0.4) is 0 Å². The van der Waals surface area contributed by atoms with E-state index in [1.54, 1.807) is 24.3 Å². The second kappa shape index (κ2) is 10.4. The number of para-hydroxylation sites is 3. The number of carbonyl (C=O) groups excluding carboxylic acids is 3. The minimum absolute atomic E-state index is 0.171. The van der Waals surface area contributed by atoms with Gasteiger partial charge in [0.25, 0.3) is 17.1 Å². The van der Waals surface area contributed by atoms with Crippen LogP contribution in [0.4, 0.5) is 10.5 Å². The van der Waals surface area contributed by atoms with Gasteiger partial charge in [0, 0.05) is 0 Å². The standard InChI is InChI=1S/C28H20N2O5S/c31-26(29-23-8-4-5-9-24(23)35-21-6-2-1-3-7-21)17-34-22-13-12-19-14-18(10-11-20(19)16-22)15-25-27(32)30-28(33)36-25/h1-16H,17H2,(H,29,31)(H,30,32,33)/b25-15+. The number of fused-ring (bicyclic) bond motifs is 1. The van der Waals surface area contributed by atoms with Crippen LogP contribution in [0, 0.1) is 0 Å². The number of thioether (sulfide) groups is 1. The van der Waals surface area contributed by atoms with Crippen molar-refractivity contribution >= 4 is 51.4 Å². The van der Waals surface area contributed by atoms with Crippen molar-refractivity contribution in [3.63, 3.8) is 0 Å². The molecule has 1 aliphatic rings. The molecule has 178 valence electrons. The highest BCUT2D eigenvalue weighted by molar-refractivity contribution is 8.18. The Morgan fingerprint density at radius 2 is 1.61 bits per heavy atom. The van der Waals surface area contributed by atoms with Crippen LogP contribution >= 0.6 is 11.8 Å². The first-order valence-electron chi connectivity index (χ1n) is 11.1. The van der Waals surface area contributed by atoms with E-state index in [0.717, 1.165) is 28.1 Å². The number of hydrogen-bond donors (Lipinski definition) is 2. The van der Waals surface area contributed by atoms with Gasteiger partial charge >= 0.3 is 0 Å². The van der Waals surface area contributed by atoms with E-state index in [1.165, 1.54) is 0 Å². The SMILES string of the molecule is O=C(COc1ccc2cc(/C=C3/SC(=O)NC3=O)ccc2c1)Nc1ccccc1Oc1ccccc1. The van der Waals surface area contributed by atoms with Gasteiger partial charge in [0.05, 0.1) is 10.6 Å². The summed E-state index contributed by atoms with van der Waals surface area (Å²) in [7, 11) is 0.